The molecule has 1 atom stereocenters. The van der Waals surface area contributed by atoms with Crippen LogP contribution in [-0.4, -0.2) is 17.6 Å². The minimum absolute atomic E-state index is 0.0379. The van der Waals surface area contributed by atoms with E-state index < -0.39 is 0 Å². The Balaban J connectivity index is 2.08. The molecule has 0 aliphatic carbocycles. The Morgan fingerprint density at radius 1 is 1.32 bits per heavy atom. The lowest BCUT2D eigenvalue weighted by Gasteiger charge is -2.03. The largest absolute Gasteiger partial charge is 0.365 e. The molecule has 1 aromatic carbocycles. The first-order valence-corrected chi connectivity index (χ1v) is 7.09. The Morgan fingerprint density at radius 3 is 2.79 bits per heavy atom. The quantitative estimate of drug-likeness (QED) is 0.934. The fourth-order valence-electron chi connectivity index (χ4n) is 2.10. The zero-order chi connectivity index (χ0) is 13.2. The van der Waals surface area contributed by atoms with Crippen molar-refractivity contribution in [1.29, 1.82) is 0 Å². The van der Waals surface area contributed by atoms with Crippen LogP contribution < -0.4 is 5.63 Å². The van der Waals surface area contributed by atoms with E-state index in [9.17, 15) is 4.79 Å². The molecule has 3 rings (SSSR count). The van der Waals surface area contributed by atoms with E-state index in [4.69, 9.17) is 4.52 Å². The number of rotatable bonds is 3. The van der Waals surface area contributed by atoms with Gasteiger partial charge in [-0.25, -0.2) is 9.95 Å². The summed E-state index contributed by atoms with van der Waals surface area (Å²) in [4.78, 5) is 16.2. The second-order valence-corrected chi connectivity index (χ2v) is 4.99. The molecule has 0 saturated carbocycles. The van der Waals surface area contributed by atoms with Crippen LogP contribution in [0.4, 0.5) is 0 Å². The van der Waals surface area contributed by atoms with Gasteiger partial charge in [0.15, 0.2) is 0 Å². The van der Waals surface area contributed by atoms with Gasteiger partial charge in [0, 0.05) is 6.21 Å². The molecular weight excluding hydrogens is 260 g/mol. The first-order chi connectivity index (χ1) is 9.29. The van der Waals surface area contributed by atoms with Crippen LogP contribution in [0.2, 0.25) is 0 Å². The molecule has 0 saturated heterocycles. The first kappa shape index (κ1) is 12.0. The lowest BCUT2D eigenvalue weighted by atomic mass is 9.99. The van der Waals surface area contributed by atoms with Gasteiger partial charge in [0.1, 0.15) is 0 Å². The number of allylic oxidation sites excluding steroid dienone is 1. The lowest BCUT2D eigenvalue weighted by Crippen LogP contribution is -2.02. The highest BCUT2D eigenvalue weighted by Gasteiger charge is 2.22. The van der Waals surface area contributed by atoms with Crippen molar-refractivity contribution in [2.45, 2.75) is 5.92 Å². The fourth-order valence-corrected chi connectivity index (χ4v) is 2.55. The highest BCUT2D eigenvalue weighted by molar-refractivity contribution is 8.02. The zero-order valence-electron chi connectivity index (χ0n) is 10.3. The van der Waals surface area contributed by atoms with Crippen molar-refractivity contribution in [3.05, 3.63) is 57.6 Å². The molecule has 0 bridgehead atoms. The van der Waals surface area contributed by atoms with Crippen molar-refractivity contribution in [3.63, 3.8) is 0 Å². The Labute approximate surface area is 114 Å². The van der Waals surface area contributed by atoms with Gasteiger partial charge in [-0.05, 0) is 17.9 Å². The van der Waals surface area contributed by atoms with Crippen molar-refractivity contribution < 1.29 is 4.52 Å². The van der Waals surface area contributed by atoms with Crippen LogP contribution in [-0.2, 0) is 0 Å². The van der Waals surface area contributed by atoms with Crippen molar-refractivity contribution in [2.24, 2.45) is 4.99 Å². The summed E-state index contributed by atoms with van der Waals surface area (Å²) in [5, 5.41) is 3.68. The van der Waals surface area contributed by atoms with Crippen LogP contribution in [0.15, 0.2) is 55.7 Å². The highest BCUT2D eigenvalue weighted by atomic mass is 32.2. The average molecular weight is 272 g/mol. The third-order valence-corrected chi connectivity index (χ3v) is 3.68. The van der Waals surface area contributed by atoms with Crippen molar-refractivity contribution >= 4 is 18.0 Å². The molecule has 1 aliphatic heterocycles. The van der Waals surface area contributed by atoms with Crippen LogP contribution in [0.5, 0.6) is 0 Å². The fraction of sp³-hybridized carbons (Fsp3) is 0.143. The second-order valence-electron chi connectivity index (χ2n) is 4.16. The molecule has 96 valence electrons. The van der Waals surface area contributed by atoms with Crippen molar-refractivity contribution in [3.8, 4) is 11.1 Å². The molecule has 0 spiro atoms. The summed E-state index contributed by atoms with van der Waals surface area (Å²) in [5.41, 5.74) is 1.84. The Hall–Kier alpha value is -2.01. The van der Waals surface area contributed by atoms with Gasteiger partial charge >= 0.3 is 5.63 Å². The van der Waals surface area contributed by atoms with Gasteiger partial charge in [0.2, 0.25) is 0 Å². The molecule has 5 heteroatoms. The summed E-state index contributed by atoms with van der Waals surface area (Å²) in [7, 11) is 0. The number of nitrogens with zero attached hydrogens (tertiary/aromatic N) is 1. The van der Waals surface area contributed by atoms with Crippen LogP contribution in [0.3, 0.4) is 0 Å². The zero-order valence-corrected chi connectivity index (χ0v) is 11.1. The maximum atomic E-state index is 11.9. The number of aromatic amines is 1. The second kappa shape index (κ2) is 4.93. The smallest absolute Gasteiger partial charge is 0.338 e. The van der Waals surface area contributed by atoms with E-state index >= 15 is 0 Å². The molecule has 2 aromatic rings. The molecule has 19 heavy (non-hydrogen) atoms. The number of aliphatic imine (C=N–C) groups is 1. The number of nitrogens with one attached hydrogen (secondary N) is 1. The topological polar surface area (TPSA) is 58.4 Å². The summed E-state index contributed by atoms with van der Waals surface area (Å²) in [6.07, 6.45) is 5.80. The van der Waals surface area contributed by atoms with Crippen LogP contribution in [0.1, 0.15) is 11.6 Å². The van der Waals surface area contributed by atoms with E-state index in [0.29, 0.717) is 5.56 Å². The van der Waals surface area contributed by atoms with Gasteiger partial charge in [-0.1, -0.05) is 30.3 Å². The molecule has 1 unspecified atom stereocenters. The molecule has 2 heterocycles. The summed E-state index contributed by atoms with van der Waals surface area (Å²) in [6.45, 7) is 0. The minimum atomic E-state index is -0.347. The number of thioether (sulfide) groups is 1. The van der Waals surface area contributed by atoms with Gasteiger partial charge in [0.05, 0.1) is 22.2 Å². The van der Waals surface area contributed by atoms with Crippen LogP contribution in [0, 0.1) is 0 Å². The molecular formula is C14H12N2O2S. The SMILES string of the molecule is CSC1=CC(c2[nH]oc(=O)c2-c2ccccc2)C=N1. The number of benzene rings is 1. The van der Waals surface area contributed by atoms with Crippen LogP contribution in [0.25, 0.3) is 11.1 Å². The van der Waals surface area contributed by atoms with E-state index in [1.54, 1.807) is 11.8 Å². The van der Waals surface area contributed by atoms with Gasteiger partial charge in [-0.15, -0.1) is 11.8 Å². The minimum Gasteiger partial charge on any atom is -0.338 e. The predicted molar refractivity (Wildman–Crippen MR) is 77.6 cm³/mol. The first-order valence-electron chi connectivity index (χ1n) is 5.86. The maximum absolute atomic E-state index is 11.9. The van der Waals surface area contributed by atoms with E-state index in [2.05, 4.69) is 10.1 Å². The Morgan fingerprint density at radius 2 is 2.11 bits per heavy atom. The standard InChI is InChI=1S/C14H12N2O2S/c1-19-11-7-10(8-15-11)13-12(14(17)18-16-13)9-5-3-2-4-6-9/h2-8,10,16H,1H3. The predicted octanol–water partition coefficient (Wildman–Crippen LogP) is 3.01. The lowest BCUT2D eigenvalue weighted by molar-refractivity contribution is 0.386. The Kier molecular flexibility index (Phi) is 3.13. The van der Waals surface area contributed by atoms with E-state index in [-0.39, 0.29) is 11.5 Å². The number of aromatic nitrogens is 1. The van der Waals surface area contributed by atoms with Gasteiger partial charge in [0.25, 0.3) is 0 Å². The van der Waals surface area contributed by atoms with Gasteiger partial charge < -0.3 is 4.52 Å². The van der Waals surface area contributed by atoms with Gasteiger partial charge in [-0.3, -0.25) is 4.99 Å². The average Bonchev–Trinajstić information content (AvgIpc) is 3.05. The normalized spacial score (nSPS) is 17.7. The third-order valence-electron chi connectivity index (χ3n) is 3.02. The molecule has 1 aromatic heterocycles. The molecule has 1 aliphatic rings. The van der Waals surface area contributed by atoms with Crippen LogP contribution >= 0.6 is 11.8 Å². The summed E-state index contributed by atoms with van der Waals surface area (Å²) >= 11 is 1.58. The Bertz CT molecular complexity index is 698. The van der Waals surface area contributed by atoms with E-state index in [1.807, 2.05) is 48.9 Å². The monoisotopic (exact) mass is 272 g/mol. The molecule has 4 nitrogen and oxygen atoms in total. The van der Waals surface area contributed by atoms with Crippen molar-refractivity contribution in [1.82, 2.24) is 5.16 Å². The highest BCUT2D eigenvalue weighted by Crippen LogP contribution is 2.31. The number of hydrogen-bond acceptors (Lipinski definition) is 4. The summed E-state index contributed by atoms with van der Waals surface area (Å²) in [6, 6.07) is 9.51. The number of hydrogen-bond donors (Lipinski definition) is 1. The van der Waals surface area contributed by atoms with Crippen molar-refractivity contribution in [2.75, 3.05) is 6.26 Å². The maximum Gasteiger partial charge on any atom is 0.365 e. The summed E-state index contributed by atoms with van der Waals surface area (Å²) in [5.74, 6) is -0.0379. The molecule has 0 fully saturated rings. The molecule has 0 amide bonds. The van der Waals surface area contributed by atoms with E-state index in [1.165, 1.54) is 0 Å². The number of H-pyrrole nitrogens is 1. The summed E-state index contributed by atoms with van der Waals surface area (Å²) < 4.78 is 4.95. The van der Waals surface area contributed by atoms with E-state index in [0.717, 1.165) is 16.3 Å². The third kappa shape index (κ3) is 2.17. The molecule has 1 N–H and O–H groups in total. The molecule has 0 radical (unpaired) electrons. The van der Waals surface area contributed by atoms with Gasteiger partial charge in [-0.2, -0.15) is 0 Å².